The van der Waals surface area contributed by atoms with Crippen molar-refractivity contribution in [2.75, 3.05) is 37.1 Å². The fourth-order valence-electron chi connectivity index (χ4n) is 4.76. The van der Waals surface area contributed by atoms with Crippen LogP contribution in [0.5, 0.6) is 0 Å². The fourth-order valence-corrected chi connectivity index (χ4v) is 4.76. The van der Waals surface area contributed by atoms with Crippen LogP contribution in [0.15, 0.2) is 54.7 Å². The minimum absolute atomic E-state index is 0.103. The van der Waals surface area contributed by atoms with Crippen molar-refractivity contribution < 1.29 is 27.8 Å². The maximum Gasteiger partial charge on any atom is 0.286 e. The van der Waals surface area contributed by atoms with E-state index in [4.69, 9.17) is 9.84 Å². The first kappa shape index (κ1) is 26.6. The van der Waals surface area contributed by atoms with Crippen molar-refractivity contribution in [3.05, 3.63) is 77.1 Å². The molecule has 0 spiro atoms. The number of nitrogens with zero attached hydrogens (tertiary/aromatic N) is 2. The number of carbonyl (C=O) groups excluding carboxylic acids is 1. The summed E-state index contributed by atoms with van der Waals surface area (Å²) in [6.07, 6.45) is 0.603. The third-order valence-electron chi connectivity index (χ3n) is 6.67. The van der Waals surface area contributed by atoms with Crippen molar-refractivity contribution in [3.63, 3.8) is 0 Å². The lowest BCUT2D eigenvalue weighted by molar-refractivity contribution is 0.0127. The van der Waals surface area contributed by atoms with Gasteiger partial charge in [-0.3, -0.25) is 9.78 Å². The first-order valence-electron chi connectivity index (χ1n) is 12.0. The number of aromatic nitrogens is 1. The number of nitrogens with one attached hydrogen (secondary N) is 1. The van der Waals surface area contributed by atoms with E-state index < -0.39 is 23.7 Å². The van der Waals surface area contributed by atoms with Crippen LogP contribution in [-0.4, -0.2) is 55.1 Å². The summed E-state index contributed by atoms with van der Waals surface area (Å²) in [6, 6.07) is 13.8. The quantitative estimate of drug-likeness (QED) is 0.506. The summed E-state index contributed by atoms with van der Waals surface area (Å²) in [6.45, 7) is 4.31. The standard InChI is InChI=1S/C27H26F3N3O2.CH4O/c1-16-3-6-20(32-26(34)19-7-8-31-25(13-19)27(2,29)30)14-21(16)17-4-5-18-11-22(28)24-15-35-10-9-33(24)23(18)12-17;1-2/h3-8,12-14,22,24H,9-11,15H2,1-2H3,(H,32,34);2H,1H3. The summed E-state index contributed by atoms with van der Waals surface area (Å²) in [4.78, 5) is 18.5. The smallest absolute Gasteiger partial charge is 0.286 e. The van der Waals surface area contributed by atoms with Crippen molar-refractivity contribution in [3.8, 4) is 11.1 Å². The van der Waals surface area contributed by atoms with E-state index >= 15 is 0 Å². The molecule has 1 amide bonds. The molecule has 1 aromatic heterocycles. The molecule has 3 heterocycles. The highest BCUT2D eigenvalue weighted by Gasteiger charge is 2.36. The van der Waals surface area contributed by atoms with E-state index in [1.165, 1.54) is 12.3 Å². The van der Waals surface area contributed by atoms with Gasteiger partial charge in [0.25, 0.3) is 11.8 Å². The first-order valence-corrected chi connectivity index (χ1v) is 12.0. The third-order valence-corrected chi connectivity index (χ3v) is 6.67. The molecule has 2 aliphatic rings. The number of halogens is 3. The highest BCUT2D eigenvalue weighted by molar-refractivity contribution is 6.04. The predicted octanol–water partition coefficient (Wildman–Crippen LogP) is 5.13. The number of hydrogen-bond donors (Lipinski definition) is 2. The number of hydrogen-bond acceptors (Lipinski definition) is 5. The van der Waals surface area contributed by atoms with Crippen molar-refractivity contribution in [2.24, 2.45) is 0 Å². The molecular weight excluding hydrogens is 483 g/mol. The van der Waals surface area contributed by atoms with E-state index in [-0.39, 0.29) is 11.6 Å². The summed E-state index contributed by atoms with van der Waals surface area (Å²) in [5.74, 6) is -3.63. The topological polar surface area (TPSA) is 74.7 Å². The van der Waals surface area contributed by atoms with Crippen LogP contribution in [0.1, 0.15) is 34.1 Å². The van der Waals surface area contributed by atoms with Gasteiger partial charge in [-0.1, -0.05) is 18.2 Å². The SMILES string of the molecule is CO.Cc1ccc(NC(=O)c2ccnc(C(C)(F)F)c2)cc1-c1ccc2c(c1)N1CCOCC1C(F)C2. The van der Waals surface area contributed by atoms with Crippen LogP contribution in [0.3, 0.4) is 0 Å². The Labute approximate surface area is 214 Å². The van der Waals surface area contributed by atoms with Crippen LogP contribution in [0.2, 0.25) is 0 Å². The van der Waals surface area contributed by atoms with Gasteiger partial charge in [0.05, 0.1) is 19.3 Å². The first-order chi connectivity index (χ1) is 17.7. The Bertz CT molecular complexity index is 1280. The molecule has 3 aromatic rings. The number of aryl methyl sites for hydroxylation is 1. The van der Waals surface area contributed by atoms with Gasteiger partial charge in [-0.15, -0.1) is 0 Å². The lowest BCUT2D eigenvalue weighted by atomic mass is 9.90. The van der Waals surface area contributed by atoms with Gasteiger partial charge >= 0.3 is 0 Å². The number of aliphatic hydroxyl groups is 1. The third kappa shape index (κ3) is 5.62. The van der Waals surface area contributed by atoms with Gasteiger partial charge < -0.3 is 20.1 Å². The second kappa shape index (κ2) is 10.9. The molecule has 5 rings (SSSR count). The number of alkyl halides is 3. The Balaban J connectivity index is 0.00000156. The van der Waals surface area contributed by atoms with Crippen molar-refractivity contribution in [1.29, 1.82) is 0 Å². The number of ether oxygens (including phenoxy) is 1. The lowest BCUT2D eigenvalue weighted by Gasteiger charge is -2.43. The Hall–Kier alpha value is -3.43. The molecule has 2 atom stereocenters. The number of pyridine rings is 1. The maximum absolute atomic E-state index is 14.7. The molecule has 2 N–H and O–H groups in total. The van der Waals surface area contributed by atoms with E-state index in [2.05, 4.69) is 21.3 Å². The van der Waals surface area contributed by atoms with Gasteiger partial charge in [-0.05, 0) is 59.5 Å². The van der Waals surface area contributed by atoms with Gasteiger partial charge in [-0.25, -0.2) is 4.39 Å². The summed E-state index contributed by atoms with van der Waals surface area (Å²) in [5, 5.41) is 9.80. The number of rotatable bonds is 4. The summed E-state index contributed by atoms with van der Waals surface area (Å²) >= 11 is 0. The van der Waals surface area contributed by atoms with Crippen LogP contribution in [0.4, 0.5) is 24.5 Å². The minimum Gasteiger partial charge on any atom is -0.400 e. The van der Waals surface area contributed by atoms with Gasteiger partial charge in [0.1, 0.15) is 11.9 Å². The Morgan fingerprint density at radius 3 is 2.70 bits per heavy atom. The van der Waals surface area contributed by atoms with Gasteiger partial charge in [0, 0.05) is 50.1 Å². The molecule has 0 saturated carbocycles. The largest absolute Gasteiger partial charge is 0.400 e. The molecule has 2 aromatic carbocycles. The summed E-state index contributed by atoms with van der Waals surface area (Å²) < 4.78 is 47.4. The van der Waals surface area contributed by atoms with Gasteiger partial charge in [-0.2, -0.15) is 8.78 Å². The van der Waals surface area contributed by atoms with Crippen LogP contribution < -0.4 is 10.2 Å². The molecule has 2 aliphatic heterocycles. The van der Waals surface area contributed by atoms with Crippen molar-refractivity contribution in [2.45, 2.75) is 38.4 Å². The molecule has 196 valence electrons. The molecule has 0 aliphatic carbocycles. The number of carbonyl (C=O) groups is 1. The normalized spacial score (nSPS) is 18.7. The highest BCUT2D eigenvalue weighted by atomic mass is 19.3. The Morgan fingerprint density at radius 1 is 1.16 bits per heavy atom. The van der Waals surface area contributed by atoms with E-state index in [0.717, 1.165) is 48.0 Å². The lowest BCUT2D eigenvalue weighted by Crippen LogP contribution is -2.54. The Morgan fingerprint density at radius 2 is 1.95 bits per heavy atom. The number of morpholine rings is 1. The zero-order valence-electron chi connectivity index (χ0n) is 21.0. The second-order valence-electron chi connectivity index (χ2n) is 9.20. The average Bonchev–Trinajstić information content (AvgIpc) is 2.90. The summed E-state index contributed by atoms with van der Waals surface area (Å²) in [5.41, 5.74) is 5.07. The fraction of sp³-hybridized carbons (Fsp3) is 0.357. The second-order valence-corrected chi connectivity index (χ2v) is 9.20. The maximum atomic E-state index is 14.7. The number of aliphatic hydroxyl groups excluding tert-OH is 1. The highest BCUT2D eigenvalue weighted by Crippen LogP contribution is 2.38. The molecule has 37 heavy (non-hydrogen) atoms. The van der Waals surface area contributed by atoms with Gasteiger partial charge in [0.2, 0.25) is 0 Å². The van der Waals surface area contributed by atoms with E-state index in [1.54, 1.807) is 6.07 Å². The van der Waals surface area contributed by atoms with Crippen molar-refractivity contribution >= 4 is 17.3 Å². The molecule has 1 fully saturated rings. The van der Waals surface area contributed by atoms with E-state index in [9.17, 15) is 18.0 Å². The number of anilines is 2. The molecule has 6 nitrogen and oxygen atoms in total. The molecule has 0 bridgehead atoms. The van der Waals surface area contributed by atoms with Crippen molar-refractivity contribution in [1.82, 2.24) is 4.98 Å². The number of benzene rings is 2. The molecule has 9 heteroatoms. The monoisotopic (exact) mass is 513 g/mol. The van der Waals surface area contributed by atoms with Crippen LogP contribution in [0, 0.1) is 6.92 Å². The molecule has 0 radical (unpaired) electrons. The Kier molecular flexibility index (Phi) is 7.85. The molecular formula is C28H30F3N3O3. The number of amides is 1. The zero-order valence-corrected chi connectivity index (χ0v) is 21.0. The van der Waals surface area contributed by atoms with Crippen LogP contribution >= 0.6 is 0 Å². The van der Waals surface area contributed by atoms with Crippen LogP contribution in [0.25, 0.3) is 11.1 Å². The van der Waals surface area contributed by atoms with Gasteiger partial charge in [0.15, 0.2) is 0 Å². The molecule has 1 saturated heterocycles. The van der Waals surface area contributed by atoms with E-state index in [0.29, 0.717) is 31.9 Å². The predicted molar refractivity (Wildman–Crippen MR) is 137 cm³/mol. The zero-order chi connectivity index (χ0) is 26.7. The minimum atomic E-state index is -3.14. The van der Waals surface area contributed by atoms with Crippen LogP contribution in [-0.2, 0) is 17.1 Å². The van der Waals surface area contributed by atoms with E-state index in [1.807, 2.05) is 31.2 Å². The average molecular weight is 514 g/mol. The summed E-state index contributed by atoms with van der Waals surface area (Å²) in [7, 11) is 1.00. The number of fused-ring (bicyclic) bond motifs is 3. The molecule has 2 unspecified atom stereocenters.